The zero-order valence-corrected chi connectivity index (χ0v) is 11.2. The number of hydrogen-bond donors (Lipinski definition) is 0. The van der Waals surface area contributed by atoms with E-state index in [9.17, 15) is 0 Å². The second kappa shape index (κ2) is 4.30. The summed E-state index contributed by atoms with van der Waals surface area (Å²) in [4.78, 5) is 0. The Morgan fingerprint density at radius 3 is 2.22 bits per heavy atom. The molecule has 0 spiro atoms. The fraction of sp³-hybridized carbons (Fsp3) is 0.333. The van der Waals surface area contributed by atoms with Crippen molar-refractivity contribution in [3.8, 4) is 11.8 Å². The largest absolute Gasteiger partial charge is 0.237 e. The van der Waals surface area contributed by atoms with Gasteiger partial charge in [0.05, 0.1) is 23.1 Å². The molecule has 3 nitrogen and oxygen atoms in total. The zero-order valence-electron chi connectivity index (χ0n) is 11.2. The van der Waals surface area contributed by atoms with E-state index < -0.39 is 0 Å². The average Bonchev–Trinajstić information content (AvgIpc) is 2.69. The van der Waals surface area contributed by atoms with E-state index in [1.807, 2.05) is 19.1 Å². The first kappa shape index (κ1) is 12.4. The summed E-state index contributed by atoms with van der Waals surface area (Å²) >= 11 is 0. The molecule has 0 aliphatic carbocycles. The number of benzene rings is 1. The molecule has 0 aliphatic heterocycles. The first-order chi connectivity index (χ1) is 8.43. The Hall–Kier alpha value is -2.08. The van der Waals surface area contributed by atoms with Crippen molar-refractivity contribution in [1.82, 2.24) is 9.78 Å². The second-order valence-corrected chi connectivity index (χ2v) is 5.46. The molecule has 0 saturated carbocycles. The molecule has 2 rings (SSSR count). The molecule has 0 amide bonds. The van der Waals surface area contributed by atoms with E-state index in [0.29, 0.717) is 5.56 Å². The van der Waals surface area contributed by atoms with Crippen molar-refractivity contribution in [2.75, 3.05) is 0 Å². The van der Waals surface area contributed by atoms with Crippen LogP contribution in [-0.2, 0) is 5.41 Å². The molecule has 1 aromatic carbocycles. The highest BCUT2D eigenvalue weighted by molar-refractivity contribution is 5.41. The van der Waals surface area contributed by atoms with E-state index in [1.54, 1.807) is 10.9 Å². The van der Waals surface area contributed by atoms with Gasteiger partial charge >= 0.3 is 0 Å². The summed E-state index contributed by atoms with van der Waals surface area (Å²) in [5.41, 5.74) is 3.92. The lowest BCUT2D eigenvalue weighted by Gasteiger charge is -2.19. The number of aromatic nitrogens is 2. The first-order valence-corrected chi connectivity index (χ1v) is 5.99. The standard InChI is InChI=1S/C15H17N3/c1-11-12(9-16)10-17-18(11)14-7-5-13(6-8-14)15(2,3)4/h5-8,10H,1-4H3. The van der Waals surface area contributed by atoms with Gasteiger partial charge in [0, 0.05) is 0 Å². The maximum Gasteiger partial charge on any atom is 0.103 e. The molecular formula is C15H17N3. The summed E-state index contributed by atoms with van der Waals surface area (Å²) in [7, 11) is 0. The normalized spacial score (nSPS) is 11.3. The maximum absolute atomic E-state index is 8.93. The molecule has 3 heteroatoms. The van der Waals surface area contributed by atoms with Gasteiger partial charge in [-0.15, -0.1) is 0 Å². The van der Waals surface area contributed by atoms with Gasteiger partial charge in [0.1, 0.15) is 6.07 Å². The summed E-state index contributed by atoms with van der Waals surface area (Å²) in [5, 5.41) is 13.2. The minimum absolute atomic E-state index is 0.148. The Bertz CT molecular complexity index is 592. The molecule has 0 fully saturated rings. The molecule has 0 unspecified atom stereocenters. The van der Waals surface area contributed by atoms with E-state index in [4.69, 9.17) is 5.26 Å². The number of rotatable bonds is 1. The van der Waals surface area contributed by atoms with Crippen molar-refractivity contribution in [3.63, 3.8) is 0 Å². The van der Waals surface area contributed by atoms with Crippen molar-refractivity contribution in [2.24, 2.45) is 0 Å². The average molecular weight is 239 g/mol. The third-order valence-corrected chi connectivity index (χ3v) is 3.11. The Morgan fingerprint density at radius 1 is 1.17 bits per heavy atom. The van der Waals surface area contributed by atoms with Gasteiger partial charge in [-0.05, 0) is 30.0 Å². The predicted molar refractivity (Wildman–Crippen MR) is 71.7 cm³/mol. The summed E-state index contributed by atoms with van der Waals surface area (Å²) < 4.78 is 1.80. The number of nitriles is 1. The minimum atomic E-state index is 0.148. The fourth-order valence-electron chi connectivity index (χ4n) is 1.88. The van der Waals surface area contributed by atoms with Crippen molar-refractivity contribution in [3.05, 3.63) is 47.3 Å². The fourth-order valence-corrected chi connectivity index (χ4v) is 1.88. The van der Waals surface area contributed by atoms with Gasteiger partial charge in [0.25, 0.3) is 0 Å². The van der Waals surface area contributed by atoms with Gasteiger partial charge in [0.15, 0.2) is 0 Å². The highest BCUT2D eigenvalue weighted by Gasteiger charge is 2.14. The molecule has 0 saturated heterocycles. The van der Waals surface area contributed by atoms with E-state index in [2.05, 4.69) is 44.1 Å². The SMILES string of the molecule is Cc1c(C#N)cnn1-c1ccc(C(C)(C)C)cc1. The highest BCUT2D eigenvalue weighted by atomic mass is 15.3. The molecule has 1 aromatic heterocycles. The zero-order chi connectivity index (χ0) is 13.3. The van der Waals surface area contributed by atoms with Gasteiger partial charge in [-0.2, -0.15) is 10.4 Å². The van der Waals surface area contributed by atoms with E-state index in [0.717, 1.165) is 11.4 Å². The first-order valence-electron chi connectivity index (χ1n) is 5.99. The molecule has 18 heavy (non-hydrogen) atoms. The molecule has 0 aliphatic rings. The Labute approximate surface area is 108 Å². The van der Waals surface area contributed by atoms with E-state index >= 15 is 0 Å². The van der Waals surface area contributed by atoms with E-state index in [1.165, 1.54) is 5.56 Å². The lowest BCUT2D eigenvalue weighted by Crippen LogP contribution is -2.11. The van der Waals surface area contributed by atoms with E-state index in [-0.39, 0.29) is 5.41 Å². The van der Waals surface area contributed by atoms with Crippen LogP contribution in [0.4, 0.5) is 0 Å². The van der Waals surface area contributed by atoms with Crippen LogP contribution in [0.2, 0.25) is 0 Å². The highest BCUT2D eigenvalue weighted by Crippen LogP contribution is 2.23. The molecule has 0 N–H and O–H groups in total. The van der Waals surface area contributed by atoms with Crippen LogP contribution in [0.1, 0.15) is 37.6 Å². The van der Waals surface area contributed by atoms with Gasteiger partial charge in [0.2, 0.25) is 0 Å². The number of hydrogen-bond acceptors (Lipinski definition) is 2. The Balaban J connectivity index is 2.41. The Morgan fingerprint density at radius 2 is 1.78 bits per heavy atom. The van der Waals surface area contributed by atoms with Crippen LogP contribution in [0.5, 0.6) is 0 Å². The minimum Gasteiger partial charge on any atom is -0.237 e. The van der Waals surface area contributed by atoms with Crippen molar-refractivity contribution >= 4 is 0 Å². The topological polar surface area (TPSA) is 41.6 Å². The second-order valence-electron chi connectivity index (χ2n) is 5.46. The van der Waals surface area contributed by atoms with Crippen LogP contribution in [0.15, 0.2) is 30.5 Å². The van der Waals surface area contributed by atoms with Crippen LogP contribution in [0.25, 0.3) is 5.69 Å². The van der Waals surface area contributed by atoms with Crippen LogP contribution >= 0.6 is 0 Å². The molecule has 0 atom stereocenters. The summed E-state index contributed by atoms with van der Waals surface area (Å²) in [5.74, 6) is 0. The van der Waals surface area contributed by atoms with Gasteiger partial charge in [-0.3, -0.25) is 0 Å². The third-order valence-electron chi connectivity index (χ3n) is 3.11. The lowest BCUT2D eigenvalue weighted by molar-refractivity contribution is 0.590. The van der Waals surface area contributed by atoms with Crippen LogP contribution in [-0.4, -0.2) is 9.78 Å². The summed E-state index contributed by atoms with van der Waals surface area (Å²) in [6.45, 7) is 8.47. The molecule has 0 radical (unpaired) electrons. The van der Waals surface area contributed by atoms with Crippen molar-refractivity contribution in [1.29, 1.82) is 5.26 Å². The molecule has 2 aromatic rings. The smallest absolute Gasteiger partial charge is 0.103 e. The summed E-state index contributed by atoms with van der Waals surface area (Å²) in [6, 6.07) is 10.5. The van der Waals surface area contributed by atoms with Gasteiger partial charge in [-0.25, -0.2) is 4.68 Å². The quantitative estimate of drug-likeness (QED) is 0.765. The molecule has 0 bridgehead atoms. The van der Waals surface area contributed by atoms with Gasteiger partial charge in [-0.1, -0.05) is 32.9 Å². The van der Waals surface area contributed by atoms with Crippen LogP contribution in [0.3, 0.4) is 0 Å². The van der Waals surface area contributed by atoms with Crippen molar-refractivity contribution < 1.29 is 0 Å². The maximum atomic E-state index is 8.93. The van der Waals surface area contributed by atoms with Crippen LogP contribution < -0.4 is 0 Å². The molecular weight excluding hydrogens is 222 g/mol. The van der Waals surface area contributed by atoms with Gasteiger partial charge < -0.3 is 0 Å². The molecule has 92 valence electrons. The van der Waals surface area contributed by atoms with Crippen LogP contribution in [0, 0.1) is 18.3 Å². The number of nitrogens with zero attached hydrogens (tertiary/aromatic N) is 3. The third kappa shape index (κ3) is 2.14. The monoisotopic (exact) mass is 239 g/mol. The molecule has 1 heterocycles. The Kier molecular flexibility index (Phi) is 2.96. The lowest BCUT2D eigenvalue weighted by atomic mass is 9.87. The predicted octanol–water partition coefficient (Wildman–Crippen LogP) is 3.35. The summed E-state index contributed by atoms with van der Waals surface area (Å²) in [6.07, 6.45) is 1.60. The van der Waals surface area contributed by atoms with Crippen molar-refractivity contribution in [2.45, 2.75) is 33.1 Å².